The highest BCUT2D eigenvalue weighted by atomic mass is 127. The summed E-state index contributed by atoms with van der Waals surface area (Å²) in [7, 11) is 0. The average Bonchev–Trinajstić information content (AvgIpc) is 2.72. The van der Waals surface area contributed by atoms with Gasteiger partial charge >= 0.3 is 0 Å². The molecule has 0 saturated carbocycles. The van der Waals surface area contributed by atoms with Gasteiger partial charge < -0.3 is 5.32 Å². The number of hydrogen-bond donors (Lipinski definition) is 1. The second-order valence-electron chi connectivity index (χ2n) is 5.37. The van der Waals surface area contributed by atoms with Gasteiger partial charge in [-0.2, -0.15) is 10.1 Å². The van der Waals surface area contributed by atoms with E-state index in [1.165, 1.54) is 5.56 Å². The van der Waals surface area contributed by atoms with Gasteiger partial charge in [0.05, 0.1) is 5.54 Å². The van der Waals surface area contributed by atoms with Crippen molar-refractivity contribution in [1.82, 2.24) is 15.1 Å². The molecule has 0 amide bonds. The highest BCUT2D eigenvalue weighted by molar-refractivity contribution is 14.1. The zero-order valence-electron chi connectivity index (χ0n) is 11.3. The van der Waals surface area contributed by atoms with E-state index in [4.69, 9.17) is 0 Å². The number of halogens is 1. The van der Waals surface area contributed by atoms with Gasteiger partial charge in [0.1, 0.15) is 3.70 Å². The fourth-order valence-electron chi connectivity index (χ4n) is 2.46. The molecular weight excluding hydrogens is 355 g/mol. The molecule has 104 valence electrons. The highest BCUT2D eigenvalue weighted by Crippen LogP contribution is 2.29. The summed E-state index contributed by atoms with van der Waals surface area (Å²) in [6.07, 6.45) is 6.38. The minimum absolute atomic E-state index is 0.294. The molecule has 19 heavy (non-hydrogen) atoms. The molecule has 1 fully saturated rings. The van der Waals surface area contributed by atoms with Gasteiger partial charge in [0.15, 0.2) is 0 Å². The second-order valence-corrected chi connectivity index (χ2v) is 6.39. The first-order valence-corrected chi connectivity index (χ1v) is 7.67. The number of aromatic nitrogens is 2. The highest BCUT2D eigenvalue weighted by Gasteiger charge is 2.33. The molecular formula is C13H19IN4O. The molecule has 1 saturated heterocycles. The van der Waals surface area contributed by atoms with Gasteiger partial charge in [-0.1, -0.05) is 0 Å². The molecule has 0 atom stereocenters. The van der Waals surface area contributed by atoms with Crippen molar-refractivity contribution >= 4 is 28.7 Å². The third kappa shape index (κ3) is 3.43. The Labute approximate surface area is 127 Å². The van der Waals surface area contributed by atoms with Crippen LogP contribution in [0.4, 0.5) is 0 Å². The van der Waals surface area contributed by atoms with Gasteiger partial charge in [0.25, 0.3) is 0 Å². The monoisotopic (exact) mass is 374 g/mol. The quantitative estimate of drug-likeness (QED) is 0.499. The summed E-state index contributed by atoms with van der Waals surface area (Å²) in [5.41, 5.74) is 0.882. The van der Waals surface area contributed by atoms with Crippen LogP contribution in [0.3, 0.4) is 0 Å². The van der Waals surface area contributed by atoms with E-state index in [9.17, 15) is 4.79 Å². The van der Waals surface area contributed by atoms with Crippen molar-refractivity contribution in [3.8, 4) is 0 Å². The predicted molar refractivity (Wildman–Crippen MR) is 82.0 cm³/mol. The maximum atomic E-state index is 10.7. The minimum Gasteiger partial charge on any atom is -0.317 e. The SMILES string of the molecule is CC(C)n1cc(CC2(N=C=O)CCNCC2)c(I)n1. The van der Waals surface area contributed by atoms with Crippen LogP contribution in [0.25, 0.3) is 0 Å². The van der Waals surface area contributed by atoms with Gasteiger partial charge in [-0.15, -0.1) is 0 Å². The van der Waals surface area contributed by atoms with E-state index >= 15 is 0 Å². The van der Waals surface area contributed by atoms with Crippen LogP contribution in [0.5, 0.6) is 0 Å². The zero-order chi connectivity index (χ0) is 13.9. The van der Waals surface area contributed by atoms with E-state index in [0.717, 1.165) is 36.1 Å². The topological polar surface area (TPSA) is 59.3 Å². The molecule has 1 N–H and O–H groups in total. The fraction of sp³-hybridized carbons (Fsp3) is 0.692. The van der Waals surface area contributed by atoms with Crippen LogP contribution >= 0.6 is 22.6 Å². The summed E-state index contributed by atoms with van der Waals surface area (Å²) in [6, 6.07) is 0.348. The fourth-order valence-corrected chi connectivity index (χ4v) is 3.04. The third-order valence-electron chi connectivity index (χ3n) is 3.62. The van der Waals surface area contributed by atoms with Crippen LogP contribution in [0, 0.1) is 3.70 Å². The van der Waals surface area contributed by atoms with Crippen LogP contribution in [0.15, 0.2) is 11.2 Å². The van der Waals surface area contributed by atoms with E-state index in [0.29, 0.717) is 6.04 Å². The van der Waals surface area contributed by atoms with E-state index in [1.54, 1.807) is 6.08 Å². The lowest BCUT2D eigenvalue weighted by atomic mass is 9.84. The normalized spacial score (nSPS) is 18.3. The molecule has 0 aromatic carbocycles. The van der Waals surface area contributed by atoms with Crippen LogP contribution < -0.4 is 5.32 Å². The van der Waals surface area contributed by atoms with Crippen LogP contribution in [0.2, 0.25) is 0 Å². The summed E-state index contributed by atoms with van der Waals surface area (Å²) in [5.74, 6) is 0. The molecule has 1 aliphatic heterocycles. The van der Waals surface area contributed by atoms with Crippen LogP contribution in [-0.2, 0) is 11.2 Å². The Hall–Kier alpha value is -0.720. The molecule has 0 aliphatic carbocycles. The molecule has 2 rings (SSSR count). The van der Waals surface area contributed by atoms with Crippen molar-refractivity contribution in [1.29, 1.82) is 0 Å². The van der Waals surface area contributed by atoms with Gasteiger partial charge in [0, 0.05) is 24.2 Å². The van der Waals surface area contributed by atoms with Gasteiger partial charge in [-0.05, 0) is 62.4 Å². The van der Waals surface area contributed by atoms with E-state index < -0.39 is 0 Å². The number of nitrogens with zero attached hydrogens (tertiary/aromatic N) is 3. The summed E-state index contributed by atoms with van der Waals surface area (Å²) in [5, 5.41) is 7.82. The first-order valence-electron chi connectivity index (χ1n) is 6.60. The largest absolute Gasteiger partial charge is 0.317 e. The van der Waals surface area contributed by atoms with Crippen LogP contribution in [0.1, 0.15) is 38.3 Å². The summed E-state index contributed by atoms with van der Waals surface area (Å²) < 4.78 is 2.97. The Kier molecular flexibility index (Phi) is 4.76. The van der Waals surface area contributed by atoms with Crippen LogP contribution in [-0.4, -0.2) is 34.5 Å². The zero-order valence-corrected chi connectivity index (χ0v) is 13.5. The Morgan fingerprint density at radius 1 is 1.58 bits per heavy atom. The number of piperidine rings is 1. The second kappa shape index (κ2) is 6.15. The lowest BCUT2D eigenvalue weighted by Crippen LogP contribution is -2.42. The minimum atomic E-state index is -0.294. The number of hydrogen-bond acceptors (Lipinski definition) is 4. The van der Waals surface area contributed by atoms with Crippen molar-refractivity contribution < 1.29 is 4.79 Å². The van der Waals surface area contributed by atoms with Crippen molar-refractivity contribution in [3.05, 3.63) is 15.5 Å². The van der Waals surface area contributed by atoms with Gasteiger partial charge in [0.2, 0.25) is 6.08 Å². The molecule has 1 aromatic rings. The van der Waals surface area contributed by atoms with Crippen molar-refractivity contribution in [2.45, 2.75) is 44.7 Å². The maximum Gasteiger partial charge on any atom is 0.235 e. The average molecular weight is 374 g/mol. The Bertz CT molecular complexity index is 485. The Morgan fingerprint density at radius 3 is 2.79 bits per heavy atom. The van der Waals surface area contributed by atoms with E-state index in [1.807, 2.05) is 4.68 Å². The van der Waals surface area contributed by atoms with E-state index in [-0.39, 0.29) is 5.54 Å². The van der Waals surface area contributed by atoms with Gasteiger partial charge in [-0.3, -0.25) is 4.68 Å². The number of rotatable bonds is 4. The molecule has 0 bridgehead atoms. The summed E-state index contributed by atoms with van der Waals surface area (Å²) >= 11 is 2.26. The first-order chi connectivity index (χ1) is 9.06. The molecule has 6 heteroatoms. The molecule has 1 aromatic heterocycles. The summed E-state index contributed by atoms with van der Waals surface area (Å²) in [4.78, 5) is 14.9. The molecule has 1 aliphatic rings. The molecule has 0 unspecified atom stereocenters. The molecule has 2 heterocycles. The summed E-state index contributed by atoms with van der Waals surface area (Å²) in [6.45, 7) is 6.02. The lowest BCUT2D eigenvalue weighted by molar-refractivity contribution is 0.309. The van der Waals surface area contributed by atoms with Crippen molar-refractivity contribution in [3.63, 3.8) is 0 Å². The Morgan fingerprint density at radius 2 is 2.26 bits per heavy atom. The standard InChI is InChI=1S/C13H19IN4O/c1-10(2)18-8-11(12(14)17-18)7-13(16-9-19)3-5-15-6-4-13/h8,10,15H,3-7H2,1-2H3. The predicted octanol–water partition coefficient (Wildman–Crippen LogP) is 2.07. The van der Waals surface area contributed by atoms with Crippen molar-refractivity contribution in [2.75, 3.05) is 13.1 Å². The van der Waals surface area contributed by atoms with Gasteiger partial charge in [-0.25, -0.2) is 4.79 Å². The molecule has 0 spiro atoms. The Balaban J connectivity index is 2.24. The molecule has 5 nitrogen and oxygen atoms in total. The maximum absolute atomic E-state index is 10.7. The number of nitrogens with one attached hydrogen (secondary N) is 1. The lowest BCUT2D eigenvalue weighted by Gasteiger charge is -2.32. The smallest absolute Gasteiger partial charge is 0.235 e. The molecule has 0 radical (unpaired) electrons. The third-order valence-corrected chi connectivity index (χ3v) is 4.53. The van der Waals surface area contributed by atoms with E-state index in [2.05, 4.69) is 58.0 Å². The first kappa shape index (κ1) is 14.7. The number of carbonyl (C=O) groups excluding carboxylic acids is 1. The number of aliphatic imine (C=N–C) groups is 1. The van der Waals surface area contributed by atoms with Crippen molar-refractivity contribution in [2.24, 2.45) is 4.99 Å². The number of isocyanates is 1.